The average Bonchev–Trinajstić information content (AvgIpc) is 3.37. The van der Waals surface area contributed by atoms with Crippen molar-refractivity contribution in [2.45, 2.75) is 37.8 Å². The number of benzene rings is 1. The molecule has 1 saturated heterocycles. The molecular weight excluding hydrogens is 492 g/mol. The van der Waals surface area contributed by atoms with E-state index in [2.05, 4.69) is 12.8 Å². The summed E-state index contributed by atoms with van der Waals surface area (Å²) >= 11 is 12.5. The molecule has 3 unspecified atom stereocenters. The van der Waals surface area contributed by atoms with Gasteiger partial charge in [-0.3, -0.25) is 13.9 Å². The number of halogens is 1. The van der Waals surface area contributed by atoms with E-state index in [1.165, 1.54) is 15.6 Å². The number of thiol groups is 1. The highest BCUT2D eigenvalue weighted by atomic mass is 35.5. The number of amides is 1. The van der Waals surface area contributed by atoms with Crippen LogP contribution in [0.5, 0.6) is 5.88 Å². The fourth-order valence-corrected chi connectivity index (χ4v) is 5.57. The van der Waals surface area contributed by atoms with Gasteiger partial charge >= 0.3 is 0 Å². The SMILES string of the molecule is CCOCC(C)Oc1cccc(C2(c3ccsc3)CC(=O)C(c3ccccc3Cl)C(=O)N2S)n1. The van der Waals surface area contributed by atoms with E-state index in [-0.39, 0.29) is 18.3 Å². The van der Waals surface area contributed by atoms with Gasteiger partial charge in [0.15, 0.2) is 5.78 Å². The predicted molar refractivity (Wildman–Crippen MR) is 136 cm³/mol. The van der Waals surface area contributed by atoms with Crippen LogP contribution in [0.25, 0.3) is 0 Å². The summed E-state index contributed by atoms with van der Waals surface area (Å²) in [7, 11) is 0. The Bertz CT molecular complexity index is 1170. The van der Waals surface area contributed by atoms with Crippen molar-refractivity contribution < 1.29 is 19.1 Å². The number of carbonyl (C=O) groups is 2. The van der Waals surface area contributed by atoms with E-state index >= 15 is 0 Å². The molecule has 0 saturated carbocycles. The Morgan fingerprint density at radius 3 is 2.74 bits per heavy atom. The number of carbonyl (C=O) groups excluding carboxylic acids is 2. The molecular formula is C25H25ClN2O4S2. The number of hydrogen-bond donors (Lipinski definition) is 1. The fraction of sp³-hybridized carbons (Fsp3) is 0.320. The molecule has 0 N–H and O–H groups in total. The van der Waals surface area contributed by atoms with Crippen molar-refractivity contribution in [1.82, 2.24) is 9.29 Å². The normalized spacial score (nSPS) is 21.5. The minimum absolute atomic E-state index is 0.000183. The first kappa shape index (κ1) is 24.7. The molecule has 0 spiro atoms. The third-order valence-electron chi connectivity index (χ3n) is 5.81. The van der Waals surface area contributed by atoms with Gasteiger partial charge in [-0.25, -0.2) is 4.98 Å². The second-order valence-electron chi connectivity index (χ2n) is 8.07. The molecule has 1 amide bonds. The minimum Gasteiger partial charge on any atom is -0.472 e. The van der Waals surface area contributed by atoms with Gasteiger partial charge in [0, 0.05) is 24.1 Å². The molecule has 0 aliphatic carbocycles. The predicted octanol–water partition coefficient (Wildman–Crippen LogP) is 5.27. The van der Waals surface area contributed by atoms with E-state index in [9.17, 15) is 9.59 Å². The van der Waals surface area contributed by atoms with Gasteiger partial charge in [-0.05, 0) is 53.9 Å². The van der Waals surface area contributed by atoms with Crippen LogP contribution in [0.2, 0.25) is 5.02 Å². The largest absolute Gasteiger partial charge is 0.472 e. The van der Waals surface area contributed by atoms with Crippen LogP contribution in [0.1, 0.15) is 43.0 Å². The van der Waals surface area contributed by atoms with Crippen LogP contribution in [0.3, 0.4) is 0 Å². The van der Waals surface area contributed by atoms with Gasteiger partial charge in [0.25, 0.3) is 0 Å². The standard InChI is InChI=1S/C25H25ClN2O4S2/c1-3-31-14-16(2)32-22-10-6-9-21(27-22)25(17-11-12-34-15-17)13-20(29)23(24(30)28(25)33)18-7-4-5-8-19(18)26/h4-12,15-16,23,33H,3,13-14H2,1-2H3. The van der Waals surface area contributed by atoms with E-state index in [0.29, 0.717) is 35.4 Å². The van der Waals surface area contributed by atoms with E-state index in [4.69, 9.17) is 26.1 Å². The van der Waals surface area contributed by atoms with Crippen molar-refractivity contribution in [1.29, 1.82) is 0 Å². The quantitative estimate of drug-likeness (QED) is 0.326. The number of aromatic nitrogens is 1. The molecule has 3 heterocycles. The van der Waals surface area contributed by atoms with Gasteiger partial charge in [-0.15, -0.1) is 0 Å². The molecule has 6 nitrogen and oxygen atoms in total. The van der Waals surface area contributed by atoms with Crippen LogP contribution in [-0.4, -0.2) is 40.3 Å². The second-order valence-corrected chi connectivity index (χ2v) is 9.66. The Balaban J connectivity index is 1.76. The molecule has 178 valence electrons. The van der Waals surface area contributed by atoms with Gasteiger partial charge in [-0.1, -0.05) is 48.7 Å². The van der Waals surface area contributed by atoms with E-state index in [1.807, 2.05) is 30.7 Å². The first-order chi connectivity index (χ1) is 16.4. The average molecular weight is 517 g/mol. The lowest BCUT2D eigenvalue weighted by Gasteiger charge is -2.45. The van der Waals surface area contributed by atoms with Crippen LogP contribution < -0.4 is 4.74 Å². The van der Waals surface area contributed by atoms with Crippen molar-refractivity contribution >= 4 is 47.4 Å². The maximum Gasteiger partial charge on any atom is 0.248 e. The Labute approximate surface area is 213 Å². The second kappa shape index (κ2) is 10.5. The summed E-state index contributed by atoms with van der Waals surface area (Å²) < 4.78 is 12.7. The summed E-state index contributed by atoms with van der Waals surface area (Å²) in [5.74, 6) is -1.33. The highest BCUT2D eigenvalue weighted by Gasteiger charge is 2.53. The molecule has 1 fully saturated rings. The summed E-state index contributed by atoms with van der Waals surface area (Å²) in [6.45, 7) is 4.83. The van der Waals surface area contributed by atoms with Crippen molar-refractivity contribution in [3.8, 4) is 5.88 Å². The van der Waals surface area contributed by atoms with Crippen molar-refractivity contribution in [3.05, 3.63) is 81.1 Å². The highest BCUT2D eigenvalue weighted by Crippen LogP contribution is 2.48. The summed E-state index contributed by atoms with van der Waals surface area (Å²) in [4.78, 5) is 31.9. The number of ether oxygens (including phenoxy) is 2. The first-order valence-corrected chi connectivity index (χ1v) is 12.6. The molecule has 3 atom stereocenters. The van der Waals surface area contributed by atoms with Gasteiger partial charge in [0.1, 0.15) is 17.6 Å². The van der Waals surface area contributed by atoms with Gasteiger partial charge < -0.3 is 9.47 Å². The van der Waals surface area contributed by atoms with Crippen LogP contribution in [0.15, 0.2) is 59.3 Å². The number of thiophene rings is 1. The zero-order chi connectivity index (χ0) is 24.3. The molecule has 4 rings (SSSR count). The maximum atomic E-state index is 13.7. The summed E-state index contributed by atoms with van der Waals surface area (Å²) in [5.41, 5.74) is 0.560. The van der Waals surface area contributed by atoms with Gasteiger partial charge in [-0.2, -0.15) is 11.3 Å². The first-order valence-electron chi connectivity index (χ1n) is 10.9. The van der Waals surface area contributed by atoms with Crippen molar-refractivity contribution in [2.75, 3.05) is 13.2 Å². The molecule has 1 aromatic carbocycles. The zero-order valence-electron chi connectivity index (χ0n) is 18.8. The van der Waals surface area contributed by atoms with Gasteiger partial charge in [0.2, 0.25) is 11.8 Å². The summed E-state index contributed by atoms with van der Waals surface area (Å²) in [6.07, 6.45) is -0.217. The molecule has 1 aliphatic rings. The third-order valence-corrected chi connectivity index (χ3v) is 7.38. The lowest BCUT2D eigenvalue weighted by Crippen LogP contribution is -2.54. The van der Waals surface area contributed by atoms with Crippen molar-refractivity contribution in [3.63, 3.8) is 0 Å². The number of pyridine rings is 1. The molecule has 0 bridgehead atoms. The summed E-state index contributed by atoms with van der Waals surface area (Å²) in [5, 5.41) is 4.18. The maximum absolute atomic E-state index is 13.7. The number of rotatable bonds is 8. The molecule has 34 heavy (non-hydrogen) atoms. The lowest BCUT2D eigenvalue weighted by atomic mass is 9.75. The monoisotopic (exact) mass is 516 g/mol. The molecule has 3 aromatic rings. The number of piperidine rings is 1. The minimum atomic E-state index is -1.18. The number of ketones is 1. The van der Waals surface area contributed by atoms with Crippen LogP contribution >= 0.6 is 35.8 Å². The van der Waals surface area contributed by atoms with E-state index in [0.717, 1.165) is 5.56 Å². The number of hydrogen-bond acceptors (Lipinski definition) is 7. The molecule has 0 radical (unpaired) electrons. The van der Waals surface area contributed by atoms with Crippen LogP contribution in [-0.2, 0) is 19.9 Å². The number of Topliss-reactive ketones (excluding diaryl/α,β-unsaturated/α-hetero) is 1. The van der Waals surface area contributed by atoms with E-state index in [1.54, 1.807) is 42.5 Å². The zero-order valence-corrected chi connectivity index (χ0v) is 21.3. The summed E-state index contributed by atoms with van der Waals surface area (Å²) in [6, 6.07) is 14.1. The third kappa shape index (κ3) is 4.60. The van der Waals surface area contributed by atoms with Crippen molar-refractivity contribution in [2.24, 2.45) is 0 Å². The molecule has 2 aromatic heterocycles. The Hall–Kier alpha value is -2.39. The number of nitrogens with zero attached hydrogens (tertiary/aromatic N) is 2. The smallest absolute Gasteiger partial charge is 0.248 e. The lowest BCUT2D eigenvalue weighted by molar-refractivity contribution is -0.142. The fourth-order valence-electron chi connectivity index (χ4n) is 4.20. The van der Waals surface area contributed by atoms with Crippen LogP contribution in [0, 0.1) is 0 Å². The topological polar surface area (TPSA) is 68.7 Å². The van der Waals surface area contributed by atoms with Gasteiger partial charge in [0.05, 0.1) is 12.3 Å². The Kier molecular flexibility index (Phi) is 7.62. The highest BCUT2D eigenvalue weighted by molar-refractivity contribution is 7.78. The van der Waals surface area contributed by atoms with Crippen LogP contribution in [0.4, 0.5) is 0 Å². The molecule has 1 aliphatic heterocycles. The Morgan fingerprint density at radius 2 is 2.03 bits per heavy atom. The van der Waals surface area contributed by atoms with E-state index < -0.39 is 17.4 Å². The Morgan fingerprint density at radius 1 is 1.24 bits per heavy atom. The molecule has 9 heteroatoms.